The number of unbranched alkanes of at least 4 members (excludes halogenated alkanes) is 1. The molecule has 0 saturated carbocycles. The molecule has 1 unspecified atom stereocenters. The van der Waals surface area contributed by atoms with Gasteiger partial charge in [0.2, 0.25) is 0 Å². The van der Waals surface area contributed by atoms with Gasteiger partial charge < -0.3 is 15.2 Å². The van der Waals surface area contributed by atoms with Gasteiger partial charge in [-0.15, -0.1) is 11.3 Å². The van der Waals surface area contributed by atoms with Gasteiger partial charge in [0.15, 0.2) is 5.13 Å². The topological polar surface area (TPSA) is 71.5 Å². The molecule has 1 aliphatic carbocycles. The fourth-order valence-corrected chi connectivity index (χ4v) is 3.35. The zero-order valence-electron chi connectivity index (χ0n) is 12.0. The molecule has 1 atom stereocenters. The minimum absolute atomic E-state index is 0.290. The van der Waals surface area contributed by atoms with E-state index in [1.165, 1.54) is 0 Å². The van der Waals surface area contributed by atoms with E-state index in [4.69, 9.17) is 9.84 Å². The largest absolute Gasteiger partial charge is 0.481 e. The first-order chi connectivity index (χ1) is 9.58. The van der Waals surface area contributed by atoms with Crippen molar-refractivity contribution in [1.29, 1.82) is 0 Å². The maximum atomic E-state index is 11.1. The number of ether oxygens (including phenoxy) is 1. The van der Waals surface area contributed by atoms with Gasteiger partial charge in [-0.05, 0) is 39.5 Å². The molecule has 20 heavy (non-hydrogen) atoms. The lowest BCUT2D eigenvalue weighted by Crippen LogP contribution is -2.09. The third kappa shape index (κ3) is 3.93. The summed E-state index contributed by atoms with van der Waals surface area (Å²) < 4.78 is 5.48. The molecule has 0 bridgehead atoms. The van der Waals surface area contributed by atoms with Gasteiger partial charge in [0.05, 0.1) is 11.8 Å². The van der Waals surface area contributed by atoms with Crippen molar-refractivity contribution >= 4 is 22.4 Å². The number of anilines is 1. The fourth-order valence-electron chi connectivity index (χ4n) is 2.28. The number of hydrogen-bond acceptors (Lipinski definition) is 5. The van der Waals surface area contributed by atoms with Crippen LogP contribution in [-0.2, 0) is 16.0 Å². The monoisotopic (exact) mass is 298 g/mol. The quantitative estimate of drug-likeness (QED) is 0.722. The van der Waals surface area contributed by atoms with Gasteiger partial charge in [-0.3, -0.25) is 4.79 Å². The number of fused-ring (bicyclic) bond motifs is 1. The molecule has 1 aromatic rings. The Morgan fingerprint density at radius 3 is 3.05 bits per heavy atom. The smallest absolute Gasteiger partial charge is 0.312 e. The number of nitrogens with one attached hydrogen (secondary N) is 1. The summed E-state index contributed by atoms with van der Waals surface area (Å²) in [5.41, 5.74) is 0.771. The highest BCUT2D eigenvalue weighted by atomic mass is 32.1. The van der Waals surface area contributed by atoms with E-state index in [-0.39, 0.29) is 6.10 Å². The van der Waals surface area contributed by atoms with Gasteiger partial charge in [-0.25, -0.2) is 4.98 Å². The van der Waals surface area contributed by atoms with E-state index >= 15 is 0 Å². The SMILES string of the molecule is CC(C)OCCCCNc1nc2c(s1)CCC2C(=O)O. The number of carbonyl (C=O) groups is 1. The number of carboxylic acid groups (broad SMARTS) is 1. The lowest BCUT2D eigenvalue weighted by molar-refractivity contribution is -0.138. The van der Waals surface area contributed by atoms with E-state index in [9.17, 15) is 4.79 Å². The molecule has 5 nitrogen and oxygen atoms in total. The highest BCUT2D eigenvalue weighted by Gasteiger charge is 2.32. The van der Waals surface area contributed by atoms with Crippen molar-refractivity contribution in [3.63, 3.8) is 0 Å². The number of carboxylic acids is 1. The molecular weight excluding hydrogens is 276 g/mol. The minimum atomic E-state index is -0.758. The number of aryl methyl sites for hydroxylation is 1. The van der Waals surface area contributed by atoms with Crippen LogP contribution in [0.2, 0.25) is 0 Å². The normalized spacial score (nSPS) is 17.4. The Morgan fingerprint density at radius 2 is 2.35 bits per heavy atom. The van der Waals surface area contributed by atoms with Crippen LogP contribution >= 0.6 is 11.3 Å². The lowest BCUT2D eigenvalue weighted by atomic mass is 10.1. The summed E-state index contributed by atoms with van der Waals surface area (Å²) in [6.45, 7) is 5.71. The zero-order chi connectivity index (χ0) is 14.5. The predicted octanol–water partition coefficient (Wildman–Crippen LogP) is 2.87. The Labute approximate surface area is 123 Å². The Balaban J connectivity index is 1.73. The number of thiazole rings is 1. The minimum Gasteiger partial charge on any atom is -0.481 e. The summed E-state index contributed by atoms with van der Waals surface area (Å²) >= 11 is 1.60. The Bertz CT molecular complexity index is 459. The number of aliphatic carboxylic acids is 1. The summed E-state index contributed by atoms with van der Waals surface area (Å²) in [7, 11) is 0. The van der Waals surface area contributed by atoms with E-state index < -0.39 is 11.9 Å². The first-order valence-corrected chi connectivity index (χ1v) is 7.97. The standard InChI is InChI=1S/C14H22N2O3S/c1-9(2)19-8-4-3-7-15-14-16-12-10(13(17)18)5-6-11(12)20-14/h9-10H,3-8H2,1-2H3,(H,15,16)(H,17,18). The third-order valence-corrected chi connectivity index (χ3v) is 4.40. The fraction of sp³-hybridized carbons (Fsp3) is 0.714. The van der Waals surface area contributed by atoms with E-state index in [1.807, 2.05) is 13.8 Å². The number of nitrogens with zero attached hydrogens (tertiary/aromatic N) is 1. The van der Waals surface area contributed by atoms with E-state index in [0.717, 1.165) is 48.1 Å². The van der Waals surface area contributed by atoms with Crippen LogP contribution < -0.4 is 5.32 Å². The van der Waals surface area contributed by atoms with Crippen LogP contribution in [0.5, 0.6) is 0 Å². The summed E-state index contributed by atoms with van der Waals surface area (Å²) in [6, 6.07) is 0. The Hall–Kier alpha value is -1.14. The first-order valence-electron chi connectivity index (χ1n) is 7.15. The zero-order valence-corrected chi connectivity index (χ0v) is 12.8. The molecule has 0 fully saturated rings. The maximum Gasteiger partial charge on any atom is 0.312 e. The van der Waals surface area contributed by atoms with Crippen molar-refractivity contribution in [3.8, 4) is 0 Å². The summed E-state index contributed by atoms with van der Waals surface area (Å²) in [4.78, 5) is 16.7. The molecule has 0 spiro atoms. The molecular formula is C14H22N2O3S. The average molecular weight is 298 g/mol. The van der Waals surface area contributed by atoms with Crippen LogP contribution in [0.15, 0.2) is 0 Å². The van der Waals surface area contributed by atoms with Gasteiger partial charge in [0.25, 0.3) is 0 Å². The predicted molar refractivity (Wildman–Crippen MR) is 79.6 cm³/mol. The molecule has 1 aliphatic rings. The highest BCUT2D eigenvalue weighted by molar-refractivity contribution is 7.15. The van der Waals surface area contributed by atoms with Crippen LogP contribution in [0.25, 0.3) is 0 Å². The molecule has 0 aliphatic heterocycles. The summed E-state index contributed by atoms with van der Waals surface area (Å²) in [5, 5.41) is 13.3. The van der Waals surface area contributed by atoms with Crippen LogP contribution in [-0.4, -0.2) is 35.3 Å². The van der Waals surface area contributed by atoms with E-state index in [1.54, 1.807) is 11.3 Å². The maximum absolute atomic E-state index is 11.1. The third-order valence-electron chi connectivity index (χ3n) is 3.31. The van der Waals surface area contributed by atoms with Gasteiger partial charge in [0.1, 0.15) is 5.92 Å². The van der Waals surface area contributed by atoms with Crippen molar-refractivity contribution in [2.24, 2.45) is 0 Å². The second-order valence-corrected chi connectivity index (χ2v) is 6.39. The molecule has 1 heterocycles. The van der Waals surface area contributed by atoms with Gasteiger partial charge in [0, 0.05) is 18.0 Å². The summed E-state index contributed by atoms with van der Waals surface area (Å²) in [6.07, 6.45) is 3.87. The Kier molecular flexibility index (Phi) is 5.37. The molecule has 2 N–H and O–H groups in total. The molecule has 6 heteroatoms. The van der Waals surface area contributed by atoms with E-state index in [0.29, 0.717) is 6.42 Å². The van der Waals surface area contributed by atoms with Gasteiger partial charge in [-0.1, -0.05) is 0 Å². The molecule has 2 rings (SSSR count). The lowest BCUT2D eigenvalue weighted by Gasteiger charge is -2.07. The first kappa shape index (κ1) is 15.3. The molecule has 0 radical (unpaired) electrons. The highest BCUT2D eigenvalue weighted by Crippen LogP contribution is 2.38. The van der Waals surface area contributed by atoms with Gasteiger partial charge >= 0.3 is 5.97 Å². The molecule has 0 saturated heterocycles. The van der Waals surface area contributed by atoms with Crippen molar-refractivity contribution in [2.75, 3.05) is 18.5 Å². The van der Waals surface area contributed by atoms with Crippen molar-refractivity contribution in [2.45, 2.75) is 51.6 Å². The molecule has 1 aromatic heterocycles. The summed E-state index contributed by atoms with van der Waals surface area (Å²) in [5.74, 6) is -1.16. The van der Waals surface area contributed by atoms with Gasteiger partial charge in [-0.2, -0.15) is 0 Å². The second kappa shape index (κ2) is 7.04. The van der Waals surface area contributed by atoms with Crippen molar-refractivity contribution in [3.05, 3.63) is 10.6 Å². The van der Waals surface area contributed by atoms with Crippen molar-refractivity contribution < 1.29 is 14.6 Å². The molecule has 0 amide bonds. The average Bonchev–Trinajstić information content (AvgIpc) is 2.92. The number of aromatic nitrogens is 1. The molecule has 0 aromatic carbocycles. The van der Waals surface area contributed by atoms with Crippen molar-refractivity contribution in [1.82, 2.24) is 4.98 Å². The molecule has 112 valence electrons. The number of hydrogen-bond donors (Lipinski definition) is 2. The van der Waals surface area contributed by atoms with Crippen LogP contribution in [0.4, 0.5) is 5.13 Å². The number of rotatable bonds is 8. The van der Waals surface area contributed by atoms with E-state index in [2.05, 4.69) is 10.3 Å². The second-order valence-electron chi connectivity index (χ2n) is 5.31. The van der Waals surface area contributed by atoms with Crippen LogP contribution in [0.3, 0.4) is 0 Å². The van der Waals surface area contributed by atoms with Crippen LogP contribution in [0, 0.1) is 0 Å². The van der Waals surface area contributed by atoms with Crippen LogP contribution in [0.1, 0.15) is 49.6 Å². The Morgan fingerprint density at radius 1 is 1.55 bits per heavy atom.